The van der Waals surface area contributed by atoms with Gasteiger partial charge in [0, 0.05) is 13.1 Å². The number of urea groups is 1. The molecule has 0 spiro atoms. The minimum Gasteiger partial charge on any atom is -0.368 e. The van der Waals surface area contributed by atoms with Crippen molar-refractivity contribution in [3.05, 3.63) is 0 Å². The number of amides is 4. The molecule has 7 heteroatoms. The molecule has 1 saturated carbocycles. The lowest BCUT2D eigenvalue weighted by Gasteiger charge is -2.39. The van der Waals surface area contributed by atoms with Crippen molar-refractivity contribution in [3.8, 4) is 0 Å². The standard InChI is InChI=1S/C19H31N3O4/c1-3-13-6-4-5-7-15(13)26-12-16(23)22-10-8-14(9-11-22)19(2)17(24)20-18(25)21-19/h13-15H,3-12H2,1-2H3,(H2,20,21,24,25). The van der Waals surface area contributed by atoms with Gasteiger partial charge in [0.2, 0.25) is 5.91 Å². The van der Waals surface area contributed by atoms with Crippen molar-refractivity contribution in [1.29, 1.82) is 0 Å². The maximum Gasteiger partial charge on any atom is 0.322 e. The summed E-state index contributed by atoms with van der Waals surface area (Å²) < 4.78 is 5.97. The Balaban J connectivity index is 1.46. The molecule has 3 atom stereocenters. The van der Waals surface area contributed by atoms with Gasteiger partial charge >= 0.3 is 6.03 Å². The summed E-state index contributed by atoms with van der Waals surface area (Å²) in [4.78, 5) is 37.9. The number of hydrogen-bond acceptors (Lipinski definition) is 4. The molecular weight excluding hydrogens is 334 g/mol. The van der Waals surface area contributed by atoms with Crippen LogP contribution in [0.4, 0.5) is 4.79 Å². The van der Waals surface area contributed by atoms with Crippen LogP contribution in [0, 0.1) is 11.8 Å². The lowest BCUT2D eigenvalue weighted by Crippen LogP contribution is -2.54. The highest BCUT2D eigenvalue weighted by atomic mass is 16.5. The molecule has 0 aromatic rings. The third-order valence-electron chi connectivity index (χ3n) is 6.52. The number of nitrogens with zero attached hydrogens (tertiary/aromatic N) is 1. The predicted octanol–water partition coefficient (Wildman–Crippen LogP) is 1.81. The van der Waals surface area contributed by atoms with E-state index in [0.29, 0.717) is 31.8 Å². The Hall–Kier alpha value is -1.63. The van der Waals surface area contributed by atoms with Gasteiger partial charge in [-0.25, -0.2) is 4.79 Å². The van der Waals surface area contributed by atoms with Gasteiger partial charge in [-0.2, -0.15) is 0 Å². The fourth-order valence-electron chi connectivity index (χ4n) is 4.68. The monoisotopic (exact) mass is 365 g/mol. The second-order valence-corrected chi connectivity index (χ2v) is 8.07. The van der Waals surface area contributed by atoms with Crippen LogP contribution >= 0.6 is 0 Å². The number of rotatable bonds is 5. The number of piperidine rings is 1. The first-order valence-electron chi connectivity index (χ1n) is 9.97. The molecule has 0 radical (unpaired) electrons. The van der Waals surface area contributed by atoms with Gasteiger partial charge in [-0.05, 0) is 44.4 Å². The summed E-state index contributed by atoms with van der Waals surface area (Å²) in [6, 6.07) is -0.428. The molecular formula is C19H31N3O4. The molecule has 2 heterocycles. The molecule has 26 heavy (non-hydrogen) atoms. The highest BCUT2D eigenvalue weighted by Crippen LogP contribution is 2.31. The number of imide groups is 1. The van der Waals surface area contributed by atoms with Crippen molar-refractivity contribution in [2.75, 3.05) is 19.7 Å². The molecule has 3 rings (SSSR count). The van der Waals surface area contributed by atoms with Gasteiger partial charge in [0.1, 0.15) is 12.1 Å². The topological polar surface area (TPSA) is 87.7 Å². The fourth-order valence-corrected chi connectivity index (χ4v) is 4.68. The highest BCUT2D eigenvalue weighted by molar-refractivity contribution is 6.07. The lowest BCUT2D eigenvalue weighted by molar-refractivity contribution is -0.142. The van der Waals surface area contributed by atoms with Crippen LogP contribution in [0.1, 0.15) is 58.8 Å². The van der Waals surface area contributed by atoms with Crippen LogP contribution in [0.5, 0.6) is 0 Å². The molecule has 7 nitrogen and oxygen atoms in total. The van der Waals surface area contributed by atoms with Gasteiger partial charge in [-0.15, -0.1) is 0 Å². The molecule has 0 aromatic heterocycles. The van der Waals surface area contributed by atoms with Crippen molar-refractivity contribution in [2.24, 2.45) is 11.8 Å². The molecule has 2 aliphatic heterocycles. The van der Waals surface area contributed by atoms with Crippen LogP contribution in [0.15, 0.2) is 0 Å². The zero-order valence-corrected chi connectivity index (χ0v) is 15.9. The van der Waals surface area contributed by atoms with E-state index in [4.69, 9.17) is 4.74 Å². The molecule has 3 fully saturated rings. The van der Waals surface area contributed by atoms with Crippen molar-refractivity contribution in [3.63, 3.8) is 0 Å². The molecule has 2 saturated heterocycles. The minimum atomic E-state index is -0.862. The first-order valence-corrected chi connectivity index (χ1v) is 9.97. The summed E-state index contributed by atoms with van der Waals surface area (Å²) in [6.07, 6.45) is 7.45. The van der Waals surface area contributed by atoms with E-state index >= 15 is 0 Å². The SMILES string of the molecule is CCC1CCCCC1OCC(=O)N1CCC(C2(C)NC(=O)NC2=O)CC1. The van der Waals surface area contributed by atoms with Gasteiger partial charge in [-0.1, -0.05) is 26.2 Å². The molecule has 4 amide bonds. The summed E-state index contributed by atoms with van der Waals surface area (Å²) in [6.45, 7) is 5.32. The predicted molar refractivity (Wildman–Crippen MR) is 96.4 cm³/mol. The van der Waals surface area contributed by atoms with Crippen LogP contribution in [0.2, 0.25) is 0 Å². The van der Waals surface area contributed by atoms with Crippen molar-refractivity contribution < 1.29 is 19.1 Å². The van der Waals surface area contributed by atoms with Crippen molar-refractivity contribution >= 4 is 17.8 Å². The van der Waals surface area contributed by atoms with E-state index in [1.807, 2.05) is 4.90 Å². The number of hydrogen-bond donors (Lipinski definition) is 2. The van der Waals surface area contributed by atoms with E-state index in [9.17, 15) is 14.4 Å². The fraction of sp³-hybridized carbons (Fsp3) is 0.842. The second kappa shape index (κ2) is 7.94. The summed E-state index contributed by atoms with van der Waals surface area (Å²) in [5.74, 6) is 0.390. The molecule has 3 aliphatic rings. The zero-order chi connectivity index (χ0) is 18.7. The first kappa shape index (κ1) is 19.1. The Bertz CT molecular complexity index is 559. The van der Waals surface area contributed by atoms with E-state index < -0.39 is 11.6 Å². The van der Waals surface area contributed by atoms with Gasteiger partial charge < -0.3 is 15.0 Å². The van der Waals surface area contributed by atoms with Crippen LogP contribution in [0.3, 0.4) is 0 Å². The van der Waals surface area contributed by atoms with E-state index in [1.165, 1.54) is 19.3 Å². The maximum absolute atomic E-state index is 12.5. The second-order valence-electron chi connectivity index (χ2n) is 8.07. The number of nitrogens with one attached hydrogen (secondary N) is 2. The van der Waals surface area contributed by atoms with E-state index in [0.717, 1.165) is 12.8 Å². The summed E-state index contributed by atoms with van der Waals surface area (Å²) in [5.41, 5.74) is -0.862. The average Bonchev–Trinajstić information content (AvgIpc) is 2.92. The van der Waals surface area contributed by atoms with Crippen molar-refractivity contribution in [2.45, 2.75) is 70.4 Å². The number of carbonyl (C=O) groups is 3. The molecule has 0 aromatic carbocycles. The van der Waals surface area contributed by atoms with Crippen LogP contribution in [-0.2, 0) is 14.3 Å². The Morgan fingerprint density at radius 3 is 2.50 bits per heavy atom. The number of likely N-dealkylation sites (tertiary alicyclic amines) is 1. The maximum atomic E-state index is 12.5. The normalized spacial score (nSPS) is 33.1. The average molecular weight is 365 g/mol. The Labute approximate surface area is 155 Å². The third kappa shape index (κ3) is 3.87. The number of carbonyl (C=O) groups excluding carboxylic acids is 3. The van der Waals surface area contributed by atoms with Gasteiger partial charge in [-0.3, -0.25) is 14.9 Å². The molecule has 3 unspecified atom stereocenters. The Kier molecular flexibility index (Phi) is 5.85. The zero-order valence-electron chi connectivity index (χ0n) is 15.9. The largest absolute Gasteiger partial charge is 0.368 e. The quantitative estimate of drug-likeness (QED) is 0.728. The van der Waals surface area contributed by atoms with E-state index in [2.05, 4.69) is 17.6 Å². The first-order chi connectivity index (χ1) is 12.4. The van der Waals surface area contributed by atoms with E-state index in [1.54, 1.807) is 6.92 Å². The van der Waals surface area contributed by atoms with Gasteiger partial charge in [0.05, 0.1) is 6.10 Å². The molecule has 2 N–H and O–H groups in total. The van der Waals surface area contributed by atoms with E-state index in [-0.39, 0.29) is 30.4 Å². The summed E-state index contributed by atoms with van der Waals surface area (Å²) in [7, 11) is 0. The molecule has 0 bridgehead atoms. The van der Waals surface area contributed by atoms with Gasteiger partial charge in [0.15, 0.2) is 0 Å². The Morgan fingerprint density at radius 1 is 1.19 bits per heavy atom. The summed E-state index contributed by atoms with van der Waals surface area (Å²) >= 11 is 0. The van der Waals surface area contributed by atoms with Crippen LogP contribution in [0.25, 0.3) is 0 Å². The van der Waals surface area contributed by atoms with Crippen LogP contribution < -0.4 is 10.6 Å². The smallest absolute Gasteiger partial charge is 0.322 e. The molecule has 146 valence electrons. The third-order valence-corrected chi connectivity index (χ3v) is 6.52. The highest BCUT2D eigenvalue weighted by Gasteiger charge is 2.48. The van der Waals surface area contributed by atoms with Gasteiger partial charge in [0.25, 0.3) is 5.91 Å². The minimum absolute atomic E-state index is 0.0361. The lowest BCUT2D eigenvalue weighted by atomic mass is 9.79. The summed E-state index contributed by atoms with van der Waals surface area (Å²) in [5, 5.41) is 5.06. The van der Waals surface area contributed by atoms with Crippen molar-refractivity contribution in [1.82, 2.24) is 15.5 Å². The number of ether oxygens (including phenoxy) is 1. The van der Waals surface area contributed by atoms with Crippen LogP contribution in [-0.4, -0.2) is 54.1 Å². The molecule has 1 aliphatic carbocycles. The Morgan fingerprint density at radius 2 is 1.88 bits per heavy atom.